The lowest BCUT2D eigenvalue weighted by molar-refractivity contribution is 0.254. The summed E-state index contributed by atoms with van der Waals surface area (Å²) in [5.74, 6) is 0.0748. The fraction of sp³-hybridized carbons (Fsp3) is 0.562. The first kappa shape index (κ1) is 19.2. The molecule has 0 aliphatic heterocycles. The normalized spacial score (nSPS) is 10.1. The van der Waals surface area contributed by atoms with Gasteiger partial charge in [-0.1, -0.05) is 40.7 Å². The van der Waals surface area contributed by atoms with Crippen molar-refractivity contribution in [2.45, 2.75) is 53.1 Å². The van der Waals surface area contributed by atoms with Crippen molar-refractivity contribution in [2.75, 3.05) is 12.4 Å². The van der Waals surface area contributed by atoms with Crippen molar-refractivity contribution < 1.29 is 9.90 Å². The Morgan fingerprint density at radius 2 is 1.76 bits per heavy atom. The highest BCUT2D eigenvalue weighted by atomic mass is 16.3. The molecule has 4 N–H and O–H groups in total. The van der Waals surface area contributed by atoms with Crippen LogP contribution in [0.4, 0.5) is 10.5 Å². The fourth-order valence-electron chi connectivity index (χ4n) is 1.75. The van der Waals surface area contributed by atoms with Crippen LogP contribution in [-0.4, -0.2) is 30.3 Å². The van der Waals surface area contributed by atoms with E-state index in [1.165, 1.54) is 7.05 Å². The first-order valence-corrected chi connectivity index (χ1v) is 7.36. The summed E-state index contributed by atoms with van der Waals surface area (Å²) in [6, 6.07) is 6.06. The Hall–Kier alpha value is -1.75. The van der Waals surface area contributed by atoms with Crippen molar-refractivity contribution in [1.82, 2.24) is 10.6 Å². The first-order chi connectivity index (χ1) is 9.79. The zero-order chi connectivity index (χ0) is 16.4. The lowest BCUT2D eigenvalue weighted by Gasteiger charge is -2.10. The molecule has 0 aliphatic carbocycles. The average Bonchev–Trinajstić information content (AvgIpc) is 2.40. The summed E-state index contributed by atoms with van der Waals surface area (Å²) in [6.45, 7) is 10.6. The molecule has 0 unspecified atom stereocenters. The number of phenolic OH excluding ortho intramolecular Hbond substituents is 1. The lowest BCUT2D eigenvalue weighted by atomic mass is 10.1. The predicted molar refractivity (Wildman–Crippen MR) is 89.0 cm³/mol. The van der Waals surface area contributed by atoms with Gasteiger partial charge in [0.05, 0.1) is 5.69 Å². The van der Waals surface area contributed by atoms with Gasteiger partial charge in [0, 0.05) is 19.1 Å². The van der Waals surface area contributed by atoms with Gasteiger partial charge < -0.3 is 21.1 Å². The van der Waals surface area contributed by atoms with Crippen molar-refractivity contribution >= 4 is 11.7 Å². The minimum Gasteiger partial charge on any atom is -0.506 e. The van der Waals surface area contributed by atoms with Crippen molar-refractivity contribution in [2.24, 2.45) is 0 Å². The number of phenols is 1. The van der Waals surface area contributed by atoms with E-state index in [9.17, 15) is 9.90 Å². The third-order valence-corrected chi connectivity index (χ3v) is 2.61. The molecule has 2 amide bonds. The Morgan fingerprint density at radius 1 is 1.19 bits per heavy atom. The fourth-order valence-corrected chi connectivity index (χ4v) is 1.75. The van der Waals surface area contributed by atoms with Crippen LogP contribution in [-0.2, 0) is 6.42 Å². The Kier molecular flexibility index (Phi) is 9.21. The number of aromatic hydroxyl groups is 1. The Morgan fingerprint density at radius 3 is 2.14 bits per heavy atom. The van der Waals surface area contributed by atoms with Crippen LogP contribution in [0.3, 0.4) is 0 Å². The van der Waals surface area contributed by atoms with Gasteiger partial charge in [-0.15, -0.1) is 0 Å². The SMILES string of the molecule is CC(C)NC(C)C.CCc1ccc(O)c(NC(=O)NC)c1. The van der Waals surface area contributed by atoms with Crippen molar-refractivity contribution in [1.29, 1.82) is 0 Å². The van der Waals surface area contributed by atoms with Crippen LogP contribution in [0.5, 0.6) is 5.75 Å². The summed E-state index contributed by atoms with van der Waals surface area (Å²) in [4.78, 5) is 11.0. The van der Waals surface area contributed by atoms with Crippen molar-refractivity contribution in [3.05, 3.63) is 23.8 Å². The maximum atomic E-state index is 11.0. The summed E-state index contributed by atoms with van der Waals surface area (Å²) in [7, 11) is 1.52. The van der Waals surface area contributed by atoms with Gasteiger partial charge in [-0.25, -0.2) is 4.79 Å². The van der Waals surface area contributed by atoms with Gasteiger partial charge >= 0.3 is 6.03 Å². The zero-order valence-electron chi connectivity index (χ0n) is 13.9. The Labute approximate surface area is 128 Å². The number of carbonyl (C=O) groups excluding carboxylic acids is 1. The molecule has 0 fully saturated rings. The summed E-state index contributed by atoms with van der Waals surface area (Å²) >= 11 is 0. The highest BCUT2D eigenvalue weighted by Crippen LogP contribution is 2.24. The zero-order valence-corrected chi connectivity index (χ0v) is 13.9. The number of rotatable bonds is 4. The molecule has 0 saturated heterocycles. The number of carbonyl (C=O) groups is 1. The highest BCUT2D eigenvalue weighted by Gasteiger charge is 2.04. The number of anilines is 1. The van der Waals surface area contributed by atoms with E-state index in [2.05, 4.69) is 43.6 Å². The van der Waals surface area contributed by atoms with Crippen LogP contribution in [0, 0.1) is 0 Å². The van der Waals surface area contributed by atoms with Crippen LogP contribution in [0.1, 0.15) is 40.2 Å². The molecule has 1 aromatic carbocycles. The van der Waals surface area contributed by atoms with E-state index >= 15 is 0 Å². The van der Waals surface area contributed by atoms with Crippen molar-refractivity contribution in [3.8, 4) is 5.75 Å². The Bertz CT molecular complexity index is 426. The molecule has 1 aromatic rings. The van der Waals surface area contributed by atoms with Gasteiger partial charge in [0.2, 0.25) is 0 Å². The van der Waals surface area contributed by atoms with Crippen molar-refractivity contribution in [3.63, 3.8) is 0 Å². The lowest BCUT2D eigenvalue weighted by Crippen LogP contribution is -2.29. The molecule has 0 heterocycles. The summed E-state index contributed by atoms with van der Waals surface area (Å²) < 4.78 is 0. The topological polar surface area (TPSA) is 73.4 Å². The quantitative estimate of drug-likeness (QED) is 0.645. The molecule has 21 heavy (non-hydrogen) atoms. The monoisotopic (exact) mass is 295 g/mol. The van der Waals surface area contributed by atoms with Crippen LogP contribution in [0.2, 0.25) is 0 Å². The average molecular weight is 295 g/mol. The van der Waals surface area contributed by atoms with Crippen LogP contribution in [0.25, 0.3) is 0 Å². The van der Waals surface area contributed by atoms with E-state index in [4.69, 9.17) is 0 Å². The molecular weight excluding hydrogens is 266 g/mol. The summed E-state index contributed by atoms with van der Waals surface area (Å²) in [5, 5.41) is 17.7. The van der Waals surface area contributed by atoms with Crippen LogP contribution < -0.4 is 16.0 Å². The van der Waals surface area contributed by atoms with E-state index in [1.54, 1.807) is 12.1 Å². The molecule has 5 nitrogen and oxygen atoms in total. The summed E-state index contributed by atoms with van der Waals surface area (Å²) in [6.07, 6.45) is 0.864. The largest absolute Gasteiger partial charge is 0.506 e. The molecule has 0 spiro atoms. The summed E-state index contributed by atoms with van der Waals surface area (Å²) in [5.41, 5.74) is 1.50. The molecule has 0 radical (unpaired) electrons. The van der Waals surface area contributed by atoms with Crippen LogP contribution >= 0.6 is 0 Å². The second kappa shape index (κ2) is 10.0. The number of hydrogen-bond donors (Lipinski definition) is 4. The van der Waals surface area contributed by atoms with E-state index in [1.807, 2.05) is 13.0 Å². The molecular formula is C16H29N3O2. The van der Waals surface area contributed by atoms with Gasteiger partial charge in [0.15, 0.2) is 0 Å². The minimum atomic E-state index is -0.339. The number of amides is 2. The third kappa shape index (κ3) is 8.92. The number of aryl methyl sites for hydroxylation is 1. The van der Waals surface area contributed by atoms with E-state index in [-0.39, 0.29) is 11.8 Å². The smallest absolute Gasteiger partial charge is 0.319 e. The highest BCUT2D eigenvalue weighted by molar-refractivity contribution is 5.90. The number of urea groups is 1. The maximum absolute atomic E-state index is 11.0. The van der Waals surface area contributed by atoms with Gasteiger partial charge in [-0.2, -0.15) is 0 Å². The minimum absolute atomic E-state index is 0.0748. The van der Waals surface area contributed by atoms with Crippen LogP contribution in [0.15, 0.2) is 18.2 Å². The molecule has 0 atom stereocenters. The molecule has 1 rings (SSSR count). The van der Waals surface area contributed by atoms with E-state index < -0.39 is 0 Å². The standard InChI is InChI=1S/C10H14N2O2.C6H15N/c1-3-7-4-5-9(13)8(6-7)12-10(14)11-2;1-5(2)7-6(3)4/h4-6,13H,3H2,1-2H3,(H2,11,12,14);5-7H,1-4H3. The number of nitrogens with one attached hydrogen (secondary N) is 3. The number of benzene rings is 1. The second-order valence-electron chi connectivity index (χ2n) is 5.39. The molecule has 120 valence electrons. The van der Waals surface area contributed by atoms with Gasteiger partial charge in [0.1, 0.15) is 5.75 Å². The molecule has 0 saturated carbocycles. The van der Waals surface area contributed by atoms with Gasteiger partial charge in [-0.05, 0) is 24.1 Å². The molecule has 0 aromatic heterocycles. The molecule has 0 aliphatic rings. The third-order valence-electron chi connectivity index (χ3n) is 2.61. The van der Waals surface area contributed by atoms with E-state index in [0.717, 1.165) is 12.0 Å². The first-order valence-electron chi connectivity index (χ1n) is 7.36. The molecule has 0 bridgehead atoms. The molecule has 5 heteroatoms. The maximum Gasteiger partial charge on any atom is 0.319 e. The predicted octanol–water partition coefficient (Wildman–Crippen LogP) is 3.10. The van der Waals surface area contributed by atoms with Gasteiger partial charge in [0.25, 0.3) is 0 Å². The Balaban J connectivity index is 0.000000486. The number of hydrogen-bond acceptors (Lipinski definition) is 3. The van der Waals surface area contributed by atoms with E-state index in [0.29, 0.717) is 17.8 Å². The van der Waals surface area contributed by atoms with Gasteiger partial charge in [-0.3, -0.25) is 0 Å². The second-order valence-corrected chi connectivity index (χ2v) is 5.39.